The molecule has 0 bridgehead atoms. The number of aryl methyl sites for hydroxylation is 1. The minimum absolute atomic E-state index is 0.0982. The molecule has 0 N–H and O–H groups in total. The number of halogens is 1. The Morgan fingerprint density at radius 1 is 1.06 bits per heavy atom. The highest BCUT2D eigenvalue weighted by Crippen LogP contribution is 2.42. The summed E-state index contributed by atoms with van der Waals surface area (Å²) in [6.07, 6.45) is 4.68. The first-order chi connectivity index (χ1) is 16.6. The minimum Gasteiger partial charge on any atom is -0.478 e. The summed E-state index contributed by atoms with van der Waals surface area (Å²) in [6, 6.07) is 19.7. The number of allylic oxidation sites excluding steroid dienone is 1. The summed E-state index contributed by atoms with van der Waals surface area (Å²) in [7, 11) is 2.00. The maximum absolute atomic E-state index is 13.2. The van der Waals surface area contributed by atoms with Gasteiger partial charge >= 0.3 is 0 Å². The van der Waals surface area contributed by atoms with Crippen LogP contribution in [0.1, 0.15) is 27.0 Å². The van der Waals surface area contributed by atoms with E-state index in [-0.39, 0.29) is 5.78 Å². The molecule has 4 aromatic rings. The molecule has 34 heavy (non-hydrogen) atoms. The second kappa shape index (κ2) is 8.35. The van der Waals surface area contributed by atoms with Crippen LogP contribution in [-0.4, -0.2) is 28.5 Å². The molecule has 0 fully saturated rings. The summed E-state index contributed by atoms with van der Waals surface area (Å²) >= 11 is 6.32. The summed E-state index contributed by atoms with van der Waals surface area (Å²) in [5.74, 6) is 1.62. The average Bonchev–Trinajstić information content (AvgIpc) is 3.35. The van der Waals surface area contributed by atoms with Gasteiger partial charge < -0.3 is 14.0 Å². The number of Topliss-reactive ketones (excluding diaryl/α,β-unsaturated/α-hetero) is 1. The number of aromatic nitrogens is 1. The molecule has 0 amide bonds. The van der Waals surface area contributed by atoms with Crippen LogP contribution >= 0.6 is 11.6 Å². The lowest BCUT2D eigenvalue weighted by molar-refractivity contribution is 0.0950. The number of fused-ring (bicyclic) bond motifs is 4. The predicted octanol–water partition coefficient (Wildman–Crippen LogP) is 5.84. The smallest absolute Gasteiger partial charge is 0.231 e. The van der Waals surface area contributed by atoms with Crippen molar-refractivity contribution in [2.75, 3.05) is 13.3 Å². The van der Waals surface area contributed by atoms with Crippen molar-refractivity contribution in [3.8, 4) is 11.5 Å². The van der Waals surface area contributed by atoms with Crippen molar-refractivity contribution >= 4 is 34.4 Å². The molecule has 0 atom stereocenters. The Morgan fingerprint density at radius 3 is 2.76 bits per heavy atom. The predicted molar refractivity (Wildman–Crippen MR) is 133 cm³/mol. The van der Waals surface area contributed by atoms with Crippen molar-refractivity contribution in [1.82, 2.24) is 9.47 Å². The average molecular weight is 471 g/mol. The molecule has 5 nitrogen and oxygen atoms in total. The van der Waals surface area contributed by atoms with E-state index in [0.29, 0.717) is 30.3 Å². The van der Waals surface area contributed by atoms with E-state index in [0.717, 1.165) is 51.3 Å². The number of hydrogen-bond acceptors (Lipinski definition) is 4. The number of ether oxygens (including phenoxy) is 2. The van der Waals surface area contributed by atoms with Crippen molar-refractivity contribution in [3.63, 3.8) is 0 Å². The Kier molecular flexibility index (Phi) is 5.16. The highest BCUT2D eigenvalue weighted by Gasteiger charge is 2.33. The van der Waals surface area contributed by atoms with Gasteiger partial charge in [-0.05, 0) is 42.3 Å². The van der Waals surface area contributed by atoms with Gasteiger partial charge in [0.15, 0.2) is 5.76 Å². The van der Waals surface area contributed by atoms with E-state index in [9.17, 15) is 4.79 Å². The second-order valence-electron chi connectivity index (χ2n) is 8.74. The van der Waals surface area contributed by atoms with E-state index in [4.69, 9.17) is 21.1 Å². The third-order valence-electron chi connectivity index (χ3n) is 6.55. The van der Waals surface area contributed by atoms with Gasteiger partial charge in [0.05, 0.1) is 11.1 Å². The summed E-state index contributed by atoms with van der Waals surface area (Å²) < 4.78 is 14.2. The first kappa shape index (κ1) is 21.0. The highest BCUT2D eigenvalue weighted by molar-refractivity contribution is 6.31. The molecule has 2 aliphatic heterocycles. The third kappa shape index (κ3) is 3.58. The molecule has 6 heteroatoms. The quantitative estimate of drug-likeness (QED) is 0.351. The molecule has 0 aliphatic carbocycles. The Labute approximate surface area is 202 Å². The number of carbonyl (C=O) groups excluding carboxylic acids is 1. The zero-order chi connectivity index (χ0) is 23.2. The molecule has 2 aliphatic rings. The zero-order valence-corrected chi connectivity index (χ0v) is 19.5. The normalized spacial score (nSPS) is 16.4. The fourth-order valence-electron chi connectivity index (χ4n) is 4.76. The lowest BCUT2D eigenvalue weighted by Crippen LogP contribution is -2.33. The van der Waals surface area contributed by atoms with Gasteiger partial charge in [-0.15, -0.1) is 0 Å². The van der Waals surface area contributed by atoms with Gasteiger partial charge in [-0.1, -0.05) is 48.0 Å². The number of carbonyl (C=O) groups is 1. The Morgan fingerprint density at radius 2 is 1.88 bits per heavy atom. The summed E-state index contributed by atoms with van der Waals surface area (Å²) in [6.45, 7) is 1.93. The van der Waals surface area contributed by atoms with Crippen molar-refractivity contribution in [2.24, 2.45) is 7.05 Å². The third-order valence-corrected chi connectivity index (χ3v) is 6.92. The molecular formula is C28H23ClN2O3. The zero-order valence-electron chi connectivity index (χ0n) is 18.8. The van der Waals surface area contributed by atoms with Gasteiger partial charge in [0.2, 0.25) is 5.78 Å². The summed E-state index contributed by atoms with van der Waals surface area (Å²) in [5, 5.41) is 1.86. The maximum Gasteiger partial charge on any atom is 0.231 e. The number of rotatable bonds is 4. The fourth-order valence-corrected chi connectivity index (χ4v) is 4.99. The van der Waals surface area contributed by atoms with Gasteiger partial charge in [0, 0.05) is 47.8 Å². The van der Waals surface area contributed by atoms with Gasteiger partial charge in [-0.3, -0.25) is 9.69 Å². The van der Waals surface area contributed by atoms with Crippen LogP contribution in [0.2, 0.25) is 5.02 Å². The number of ketones is 1. The second-order valence-corrected chi connectivity index (χ2v) is 9.15. The number of para-hydroxylation sites is 1. The SMILES string of the molecule is Cn1cc(/C=C2\Oc3c(ccc4c3CN(CCc3ccccc3Cl)CO4)C2=O)c2ccccc21. The highest BCUT2D eigenvalue weighted by atomic mass is 35.5. The lowest BCUT2D eigenvalue weighted by atomic mass is 10.0. The van der Waals surface area contributed by atoms with Crippen LogP contribution in [0.5, 0.6) is 11.5 Å². The topological polar surface area (TPSA) is 43.7 Å². The van der Waals surface area contributed by atoms with Crippen LogP contribution in [0.15, 0.2) is 72.6 Å². The molecule has 0 spiro atoms. The van der Waals surface area contributed by atoms with E-state index < -0.39 is 0 Å². The van der Waals surface area contributed by atoms with Crippen molar-refractivity contribution in [3.05, 3.63) is 99.9 Å². The first-order valence-corrected chi connectivity index (χ1v) is 11.7. The molecule has 6 rings (SSSR count). The first-order valence-electron chi connectivity index (χ1n) is 11.3. The van der Waals surface area contributed by atoms with E-state index in [1.807, 2.05) is 61.8 Å². The van der Waals surface area contributed by atoms with Crippen LogP contribution in [0, 0.1) is 0 Å². The standard InChI is InChI=1S/C28H23ClN2O3/c1-30-15-19(20-7-3-5-9-24(20)30)14-26-27(32)21-10-11-25-22(28(21)34-26)16-31(17-33-25)13-12-18-6-2-4-8-23(18)29/h2-11,14-15H,12-13,16-17H2,1H3/b26-14-. The molecule has 0 saturated carbocycles. The molecule has 0 radical (unpaired) electrons. The van der Waals surface area contributed by atoms with E-state index in [1.54, 1.807) is 6.07 Å². The number of benzene rings is 3. The molecule has 3 heterocycles. The largest absolute Gasteiger partial charge is 0.478 e. The number of nitrogens with zero attached hydrogens (tertiary/aromatic N) is 2. The van der Waals surface area contributed by atoms with Crippen LogP contribution in [0.3, 0.4) is 0 Å². The van der Waals surface area contributed by atoms with Crippen molar-refractivity contribution in [1.29, 1.82) is 0 Å². The number of hydrogen-bond donors (Lipinski definition) is 0. The lowest BCUT2D eigenvalue weighted by Gasteiger charge is -2.29. The fraction of sp³-hybridized carbons (Fsp3) is 0.179. The Hall–Kier alpha value is -3.54. The van der Waals surface area contributed by atoms with Gasteiger partial charge in [-0.25, -0.2) is 0 Å². The molecule has 3 aromatic carbocycles. The minimum atomic E-state index is -0.0982. The van der Waals surface area contributed by atoms with Gasteiger partial charge in [-0.2, -0.15) is 0 Å². The maximum atomic E-state index is 13.2. The van der Waals surface area contributed by atoms with E-state index in [1.165, 1.54) is 0 Å². The molecule has 0 unspecified atom stereocenters. The molecule has 170 valence electrons. The summed E-state index contributed by atoms with van der Waals surface area (Å²) in [4.78, 5) is 15.4. The molecule has 0 saturated heterocycles. The van der Waals surface area contributed by atoms with E-state index in [2.05, 4.69) is 21.6 Å². The van der Waals surface area contributed by atoms with Crippen LogP contribution in [-0.2, 0) is 20.0 Å². The van der Waals surface area contributed by atoms with Crippen molar-refractivity contribution < 1.29 is 14.3 Å². The monoisotopic (exact) mass is 470 g/mol. The van der Waals surface area contributed by atoms with Crippen LogP contribution in [0.25, 0.3) is 17.0 Å². The van der Waals surface area contributed by atoms with Crippen molar-refractivity contribution in [2.45, 2.75) is 13.0 Å². The van der Waals surface area contributed by atoms with Crippen LogP contribution < -0.4 is 9.47 Å². The molecular weight excluding hydrogens is 448 g/mol. The molecule has 1 aromatic heterocycles. The van der Waals surface area contributed by atoms with Gasteiger partial charge in [0.25, 0.3) is 0 Å². The van der Waals surface area contributed by atoms with E-state index >= 15 is 0 Å². The van der Waals surface area contributed by atoms with Crippen LogP contribution in [0.4, 0.5) is 0 Å². The summed E-state index contributed by atoms with van der Waals surface area (Å²) in [5.41, 5.74) is 4.68. The Balaban J connectivity index is 1.27. The van der Waals surface area contributed by atoms with Gasteiger partial charge in [0.1, 0.15) is 18.2 Å². The Bertz CT molecular complexity index is 1470.